The monoisotopic (exact) mass is 445 g/mol. The molecule has 168 valence electrons. The molecule has 0 radical (unpaired) electrons. The fourth-order valence-electron chi connectivity index (χ4n) is 3.36. The van der Waals surface area contributed by atoms with Gasteiger partial charge in [0.05, 0.1) is 4.90 Å². The van der Waals surface area contributed by atoms with Gasteiger partial charge >= 0.3 is 0 Å². The Morgan fingerprint density at radius 3 is 2.29 bits per heavy atom. The Morgan fingerprint density at radius 2 is 1.68 bits per heavy atom. The van der Waals surface area contributed by atoms with Crippen molar-refractivity contribution in [1.29, 1.82) is 0 Å². The molecule has 0 aliphatic carbocycles. The number of carbonyl (C=O) groups is 1. The van der Waals surface area contributed by atoms with Crippen LogP contribution in [0, 0.1) is 0 Å². The molecule has 0 unspecified atom stereocenters. The van der Waals surface area contributed by atoms with Crippen LogP contribution < -0.4 is 9.46 Å². The van der Waals surface area contributed by atoms with Crippen molar-refractivity contribution in [3.8, 4) is 5.75 Å². The van der Waals surface area contributed by atoms with Crippen LogP contribution in [0.25, 0.3) is 0 Å². The number of sulfonamides is 1. The molecule has 0 aromatic heterocycles. The van der Waals surface area contributed by atoms with E-state index in [1.54, 1.807) is 12.1 Å². The molecule has 7 nitrogen and oxygen atoms in total. The van der Waals surface area contributed by atoms with Crippen LogP contribution in [0.5, 0.6) is 5.75 Å². The maximum Gasteiger partial charge on any atom is 0.260 e. The molecule has 31 heavy (non-hydrogen) atoms. The molecule has 1 saturated heterocycles. The summed E-state index contributed by atoms with van der Waals surface area (Å²) in [4.78, 5) is 16.8. The van der Waals surface area contributed by atoms with E-state index in [1.807, 2.05) is 36.9 Å². The first kappa shape index (κ1) is 23.2. The lowest BCUT2D eigenvalue weighted by Crippen LogP contribution is -2.49. The van der Waals surface area contributed by atoms with Crippen LogP contribution in [-0.4, -0.2) is 63.0 Å². The van der Waals surface area contributed by atoms with Gasteiger partial charge < -0.3 is 9.64 Å². The number of hydrogen-bond donors (Lipinski definition) is 1. The van der Waals surface area contributed by atoms with Gasteiger partial charge in [0.2, 0.25) is 10.0 Å². The minimum absolute atomic E-state index is 0.0596. The Hall–Kier alpha value is -2.42. The second-order valence-electron chi connectivity index (χ2n) is 7.83. The van der Waals surface area contributed by atoms with Crippen LogP contribution >= 0.6 is 0 Å². The number of piperazine rings is 1. The number of hydrogen-bond acceptors (Lipinski definition) is 5. The maximum absolute atomic E-state index is 12.5. The Labute approximate surface area is 185 Å². The molecule has 3 rings (SSSR count). The number of carbonyl (C=O) groups excluding carboxylic acids is 1. The van der Waals surface area contributed by atoms with Gasteiger partial charge in [-0.15, -0.1) is 0 Å². The van der Waals surface area contributed by atoms with Gasteiger partial charge in [0.15, 0.2) is 6.61 Å². The van der Waals surface area contributed by atoms with Crippen molar-refractivity contribution in [3.05, 3.63) is 60.2 Å². The normalized spacial score (nSPS) is 16.1. The zero-order valence-electron chi connectivity index (χ0n) is 18.2. The number of nitrogens with one attached hydrogen (secondary N) is 1. The van der Waals surface area contributed by atoms with E-state index in [0.29, 0.717) is 25.3 Å². The van der Waals surface area contributed by atoms with Crippen molar-refractivity contribution >= 4 is 15.9 Å². The minimum atomic E-state index is -3.55. The standard InChI is InChI=1S/C23H31N3O4S/c1-3-19(2)24-31(28,29)22-11-9-21(10-12-22)30-18-23(27)26-15-13-25(14-16-26)17-20-7-5-4-6-8-20/h4-12,19,24H,3,13-18H2,1-2H3/t19-/m0/s1. The maximum atomic E-state index is 12.5. The van der Waals surface area contributed by atoms with Crippen molar-refractivity contribution in [1.82, 2.24) is 14.5 Å². The predicted molar refractivity (Wildman–Crippen MR) is 120 cm³/mol. The number of rotatable bonds is 9. The van der Waals surface area contributed by atoms with Gasteiger partial charge in [0.1, 0.15) is 5.75 Å². The fraction of sp³-hybridized carbons (Fsp3) is 0.435. The minimum Gasteiger partial charge on any atom is -0.484 e. The van der Waals surface area contributed by atoms with Gasteiger partial charge in [-0.05, 0) is 43.2 Å². The van der Waals surface area contributed by atoms with Crippen LogP contribution in [0.3, 0.4) is 0 Å². The lowest BCUT2D eigenvalue weighted by Gasteiger charge is -2.34. The van der Waals surface area contributed by atoms with Crippen LogP contribution in [0.15, 0.2) is 59.5 Å². The first-order chi connectivity index (χ1) is 14.9. The van der Waals surface area contributed by atoms with E-state index in [9.17, 15) is 13.2 Å². The third-order valence-corrected chi connectivity index (χ3v) is 7.04. The molecule has 1 amide bonds. The summed E-state index contributed by atoms with van der Waals surface area (Å²) in [6.45, 7) is 7.58. The van der Waals surface area contributed by atoms with Gasteiger partial charge in [-0.1, -0.05) is 37.3 Å². The first-order valence-corrected chi connectivity index (χ1v) is 12.1. The number of amides is 1. The lowest BCUT2D eigenvalue weighted by atomic mass is 10.2. The lowest BCUT2D eigenvalue weighted by molar-refractivity contribution is -0.135. The average Bonchev–Trinajstić information content (AvgIpc) is 2.78. The molecule has 0 bridgehead atoms. The summed E-state index contributed by atoms with van der Waals surface area (Å²) in [5.41, 5.74) is 1.27. The van der Waals surface area contributed by atoms with E-state index < -0.39 is 10.0 Å². The molecule has 0 saturated carbocycles. The van der Waals surface area contributed by atoms with Gasteiger partial charge in [-0.25, -0.2) is 13.1 Å². The number of benzene rings is 2. The van der Waals surface area contributed by atoms with Crippen LogP contribution in [-0.2, 0) is 21.4 Å². The third kappa shape index (κ3) is 6.78. The third-order valence-electron chi connectivity index (χ3n) is 5.44. The molecule has 2 aromatic rings. The Balaban J connectivity index is 1.44. The number of nitrogens with zero attached hydrogens (tertiary/aromatic N) is 2. The second kappa shape index (κ2) is 10.7. The molecule has 1 fully saturated rings. The van der Waals surface area contributed by atoms with Gasteiger partial charge in [-0.3, -0.25) is 9.69 Å². The molecule has 1 aliphatic heterocycles. The van der Waals surface area contributed by atoms with E-state index in [-0.39, 0.29) is 23.5 Å². The largest absolute Gasteiger partial charge is 0.484 e. The highest BCUT2D eigenvalue weighted by Gasteiger charge is 2.22. The fourth-order valence-corrected chi connectivity index (χ4v) is 4.69. The van der Waals surface area contributed by atoms with Crippen LogP contribution in [0.4, 0.5) is 0 Å². The van der Waals surface area contributed by atoms with E-state index in [2.05, 4.69) is 21.8 Å². The van der Waals surface area contributed by atoms with Crippen molar-refractivity contribution < 1.29 is 17.9 Å². The Kier molecular flexibility index (Phi) is 8.06. The summed E-state index contributed by atoms with van der Waals surface area (Å²) < 4.78 is 32.8. The SMILES string of the molecule is CC[C@H](C)NS(=O)(=O)c1ccc(OCC(=O)N2CCN(Cc3ccccc3)CC2)cc1. The predicted octanol–water partition coefficient (Wildman–Crippen LogP) is 2.49. The highest BCUT2D eigenvalue weighted by Crippen LogP contribution is 2.17. The molecule has 1 aliphatic rings. The molecular formula is C23H31N3O4S. The highest BCUT2D eigenvalue weighted by molar-refractivity contribution is 7.89. The van der Waals surface area contributed by atoms with Crippen molar-refractivity contribution in [2.45, 2.75) is 37.8 Å². The average molecular weight is 446 g/mol. The Morgan fingerprint density at radius 1 is 1.03 bits per heavy atom. The van der Waals surface area contributed by atoms with Crippen molar-refractivity contribution in [3.63, 3.8) is 0 Å². The van der Waals surface area contributed by atoms with E-state index in [1.165, 1.54) is 17.7 Å². The van der Waals surface area contributed by atoms with E-state index in [4.69, 9.17) is 4.74 Å². The summed E-state index contributed by atoms with van der Waals surface area (Å²) in [5, 5.41) is 0. The first-order valence-electron chi connectivity index (χ1n) is 10.7. The van der Waals surface area contributed by atoms with Crippen molar-refractivity contribution in [2.75, 3.05) is 32.8 Å². The quantitative estimate of drug-likeness (QED) is 0.642. The van der Waals surface area contributed by atoms with Crippen molar-refractivity contribution in [2.24, 2.45) is 0 Å². The van der Waals surface area contributed by atoms with Gasteiger partial charge in [-0.2, -0.15) is 0 Å². The summed E-state index contributed by atoms with van der Waals surface area (Å²) in [7, 11) is -3.55. The summed E-state index contributed by atoms with van der Waals surface area (Å²) >= 11 is 0. The van der Waals surface area contributed by atoms with E-state index in [0.717, 1.165) is 19.6 Å². The summed E-state index contributed by atoms with van der Waals surface area (Å²) in [5.74, 6) is 0.410. The molecule has 8 heteroatoms. The topological polar surface area (TPSA) is 78.9 Å². The Bertz CT molecular complexity index is 941. The second-order valence-corrected chi connectivity index (χ2v) is 9.55. The molecule has 1 atom stereocenters. The zero-order valence-corrected chi connectivity index (χ0v) is 19.0. The summed E-state index contributed by atoms with van der Waals surface area (Å²) in [6, 6.07) is 16.3. The highest BCUT2D eigenvalue weighted by atomic mass is 32.2. The molecule has 1 N–H and O–H groups in total. The zero-order chi connectivity index (χ0) is 22.3. The van der Waals surface area contributed by atoms with Gasteiger partial charge in [0.25, 0.3) is 5.91 Å². The molecular weight excluding hydrogens is 414 g/mol. The summed E-state index contributed by atoms with van der Waals surface area (Å²) in [6.07, 6.45) is 0.711. The van der Waals surface area contributed by atoms with Crippen LogP contribution in [0.2, 0.25) is 0 Å². The smallest absolute Gasteiger partial charge is 0.260 e. The van der Waals surface area contributed by atoms with Gasteiger partial charge in [0, 0.05) is 38.8 Å². The number of ether oxygens (including phenoxy) is 1. The molecule has 1 heterocycles. The van der Waals surface area contributed by atoms with E-state index >= 15 is 0 Å². The van der Waals surface area contributed by atoms with Crippen LogP contribution in [0.1, 0.15) is 25.8 Å². The molecule has 2 aromatic carbocycles. The molecule has 0 spiro atoms.